The Morgan fingerprint density at radius 2 is 1.91 bits per heavy atom. The number of hydrogen-bond acceptors (Lipinski definition) is 5. The molecule has 2 aromatic heterocycles. The van der Waals surface area contributed by atoms with E-state index in [4.69, 9.17) is 20.8 Å². The van der Waals surface area contributed by atoms with Crippen molar-refractivity contribution in [1.29, 1.82) is 0 Å². The summed E-state index contributed by atoms with van der Waals surface area (Å²) in [5.41, 5.74) is 6.68. The Balaban J connectivity index is 1.57. The van der Waals surface area contributed by atoms with Gasteiger partial charge in [-0.2, -0.15) is 5.10 Å². The first kappa shape index (κ1) is 21.4. The number of benzene rings is 2. The molecule has 0 aliphatic heterocycles. The molecule has 32 heavy (non-hydrogen) atoms. The standard InChI is InChI=1S/C24H20ClN3O4/c1-14-10-18(13-26-27-23(29)22-12-16-6-4-5-7-21(16)32-22)15(2)28(14)20-11-17(24(30)31-3)8-9-19(20)25/h4-13H,1-3H3,(H,27,29)/b26-13+. The summed E-state index contributed by atoms with van der Waals surface area (Å²) in [5.74, 6) is -0.708. The van der Waals surface area contributed by atoms with Crippen LogP contribution in [-0.2, 0) is 4.74 Å². The molecule has 0 spiro atoms. The zero-order valence-corrected chi connectivity index (χ0v) is 18.4. The molecule has 162 valence electrons. The highest BCUT2D eigenvalue weighted by Gasteiger charge is 2.16. The third-order valence-corrected chi connectivity index (χ3v) is 5.42. The SMILES string of the molecule is COC(=O)c1ccc(Cl)c(-n2c(C)cc(/C=N/NC(=O)c3cc4ccccc4o3)c2C)c1. The number of aryl methyl sites for hydroxylation is 1. The Bertz CT molecular complexity index is 1330. The number of methoxy groups -OCH3 is 1. The van der Waals surface area contributed by atoms with Gasteiger partial charge >= 0.3 is 11.9 Å². The predicted octanol–water partition coefficient (Wildman–Crippen LogP) is 5.04. The van der Waals surface area contributed by atoms with Crippen LogP contribution < -0.4 is 5.43 Å². The quantitative estimate of drug-likeness (QED) is 0.262. The van der Waals surface area contributed by atoms with E-state index >= 15 is 0 Å². The van der Waals surface area contributed by atoms with Gasteiger partial charge in [-0.25, -0.2) is 10.2 Å². The van der Waals surface area contributed by atoms with Gasteiger partial charge < -0.3 is 13.7 Å². The van der Waals surface area contributed by atoms with Crippen molar-refractivity contribution in [3.8, 4) is 5.69 Å². The minimum Gasteiger partial charge on any atom is -0.465 e. The zero-order valence-electron chi connectivity index (χ0n) is 17.7. The van der Waals surface area contributed by atoms with Gasteiger partial charge in [-0.3, -0.25) is 4.79 Å². The van der Waals surface area contributed by atoms with Crippen molar-refractivity contribution in [2.45, 2.75) is 13.8 Å². The van der Waals surface area contributed by atoms with Crippen molar-refractivity contribution < 1.29 is 18.7 Å². The van der Waals surface area contributed by atoms with E-state index in [2.05, 4.69) is 10.5 Å². The molecule has 1 N–H and O–H groups in total. The van der Waals surface area contributed by atoms with Gasteiger partial charge in [-0.15, -0.1) is 0 Å². The van der Waals surface area contributed by atoms with Crippen molar-refractivity contribution in [1.82, 2.24) is 9.99 Å². The lowest BCUT2D eigenvalue weighted by atomic mass is 10.2. The van der Waals surface area contributed by atoms with Gasteiger partial charge in [-0.1, -0.05) is 29.8 Å². The Morgan fingerprint density at radius 3 is 2.66 bits per heavy atom. The van der Waals surface area contributed by atoms with Gasteiger partial charge in [0, 0.05) is 22.3 Å². The zero-order chi connectivity index (χ0) is 22.8. The van der Waals surface area contributed by atoms with E-state index in [1.54, 1.807) is 36.5 Å². The molecule has 2 heterocycles. The van der Waals surface area contributed by atoms with Crippen molar-refractivity contribution in [3.05, 3.63) is 87.9 Å². The number of hydrazone groups is 1. The first-order valence-corrected chi connectivity index (χ1v) is 10.2. The monoisotopic (exact) mass is 449 g/mol. The van der Waals surface area contributed by atoms with Gasteiger partial charge in [0.1, 0.15) is 5.58 Å². The molecule has 7 nitrogen and oxygen atoms in total. The van der Waals surface area contributed by atoms with Crippen LogP contribution in [0.25, 0.3) is 16.7 Å². The normalized spacial score (nSPS) is 11.2. The average Bonchev–Trinajstić information content (AvgIpc) is 3.34. The molecule has 0 saturated carbocycles. The molecule has 0 unspecified atom stereocenters. The molecule has 2 aromatic carbocycles. The Kier molecular flexibility index (Phi) is 5.83. The number of amides is 1. The Morgan fingerprint density at radius 1 is 1.12 bits per heavy atom. The number of para-hydroxylation sites is 1. The van der Waals surface area contributed by atoms with Gasteiger partial charge in [-0.05, 0) is 50.2 Å². The molecule has 4 aromatic rings. The number of aromatic nitrogens is 1. The minimum atomic E-state index is -0.444. The van der Waals surface area contributed by atoms with Crippen LogP contribution in [0.5, 0.6) is 0 Å². The predicted molar refractivity (Wildman–Crippen MR) is 123 cm³/mol. The van der Waals surface area contributed by atoms with Crippen LogP contribution in [0.1, 0.15) is 37.9 Å². The van der Waals surface area contributed by atoms with E-state index < -0.39 is 11.9 Å². The highest BCUT2D eigenvalue weighted by Crippen LogP contribution is 2.27. The van der Waals surface area contributed by atoms with Crippen molar-refractivity contribution in [2.24, 2.45) is 5.10 Å². The topological polar surface area (TPSA) is 85.8 Å². The fourth-order valence-corrected chi connectivity index (χ4v) is 3.73. The number of rotatable bonds is 5. The number of nitrogens with zero attached hydrogens (tertiary/aromatic N) is 2. The number of halogens is 1. The summed E-state index contributed by atoms with van der Waals surface area (Å²) in [4.78, 5) is 24.3. The van der Waals surface area contributed by atoms with Crippen molar-refractivity contribution >= 4 is 40.7 Å². The third-order valence-electron chi connectivity index (χ3n) is 5.10. The second-order valence-electron chi connectivity index (χ2n) is 7.17. The summed E-state index contributed by atoms with van der Waals surface area (Å²) in [6.07, 6.45) is 1.55. The molecule has 0 aliphatic rings. The maximum atomic E-state index is 12.4. The number of ether oxygens (including phenoxy) is 1. The number of fused-ring (bicyclic) bond motifs is 1. The number of esters is 1. The largest absolute Gasteiger partial charge is 0.465 e. The summed E-state index contributed by atoms with van der Waals surface area (Å²) in [7, 11) is 1.33. The summed E-state index contributed by atoms with van der Waals surface area (Å²) in [6, 6.07) is 15.9. The van der Waals surface area contributed by atoms with E-state index in [0.29, 0.717) is 21.9 Å². The van der Waals surface area contributed by atoms with E-state index in [1.165, 1.54) is 7.11 Å². The van der Waals surface area contributed by atoms with E-state index in [9.17, 15) is 9.59 Å². The summed E-state index contributed by atoms with van der Waals surface area (Å²) < 4.78 is 12.3. The van der Waals surface area contributed by atoms with E-state index in [0.717, 1.165) is 22.3 Å². The van der Waals surface area contributed by atoms with Crippen LogP contribution in [0.15, 0.2) is 64.1 Å². The lowest BCUT2D eigenvalue weighted by Gasteiger charge is -2.13. The van der Waals surface area contributed by atoms with Crippen LogP contribution >= 0.6 is 11.6 Å². The number of carbonyl (C=O) groups excluding carboxylic acids is 2. The molecule has 0 fully saturated rings. The van der Waals surface area contributed by atoms with Crippen LogP contribution in [0.2, 0.25) is 5.02 Å². The number of nitrogens with one attached hydrogen (secondary N) is 1. The Hall–Kier alpha value is -3.84. The maximum absolute atomic E-state index is 12.4. The maximum Gasteiger partial charge on any atom is 0.337 e. The third kappa shape index (κ3) is 4.02. The van der Waals surface area contributed by atoms with Crippen LogP contribution in [0.3, 0.4) is 0 Å². The lowest BCUT2D eigenvalue weighted by Crippen LogP contribution is -2.16. The molecule has 8 heteroatoms. The minimum absolute atomic E-state index is 0.181. The van der Waals surface area contributed by atoms with Crippen LogP contribution in [0.4, 0.5) is 0 Å². The number of carbonyl (C=O) groups is 2. The number of furan rings is 1. The number of hydrogen-bond donors (Lipinski definition) is 1. The van der Waals surface area contributed by atoms with Gasteiger partial charge in [0.15, 0.2) is 5.76 Å². The van der Waals surface area contributed by atoms with Gasteiger partial charge in [0.2, 0.25) is 0 Å². The lowest BCUT2D eigenvalue weighted by molar-refractivity contribution is 0.0600. The van der Waals surface area contributed by atoms with Crippen molar-refractivity contribution in [3.63, 3.8) is 0 Å². The second kappa shape index (κ2) is 8.72. The van der Waals surface area contributed by atoms with E-state index in [1.807, 2.05) is 42.7 Å². The molecule has 4 rings (SSSR count). The molecular weight excluding hydrogens is 430 g/mol. The van der Waals surface area contributed by atoms with E-state index in [-0.39, 0.29) is 5.76 Å². The first-order valence-electron chi connectivity index (χ1n) is 9.78. The van der Waals surface area contributed by atoms with Gasteiger partial charge in [0.05, 0.1) is 29.6 Å². The first-order chi connectivity index (χ1) is 15.4. The molecule has 1 amide bonds. The fraction of sp³-hybridized carbons (Fsp3) is 0.125. The summed E-state index contributed by atoms with van der Waals surface area (Å²) in [6.45, 7) is 3.81. The Labute approximate surface area is 189 Å². The molecule has 0 radical (unpaired) electrons. The molecule has 0 saturated heterocycles. The van der Waals surface area contributed by atoms with Crippen LogP contribution in [-0.4, -0.2) is 29.8 Å². The molecule has 0 atom stereocenters. The highest BCUT2D eigenvalue weighted by molar-refractivity contribution is 6.32. The van der Waals surface area contributed by atoms with Crippen LogP contribution in [0, 0.1) is 13.8 Å². The molecular formula is C24H20ClN3O4. The second-order valence-corrected chi connectivity index (χ2v) is 7.57. The molecule has 0 bridgehead atoms. The smallest absolute Gasteiger partial charge is 0.337 e. The molecule has 0 aliphatic carbocycles. The average molecular weight is 450 g/mol. The van der Waals surface area contributed by atoms with Crippen molar-refractivity contribution in [2.75, 3.05) is 7.11 Å². The summed E-state index contributed by atoms with van der Waals surface area (Å²) >= 11 is 6.41. The fourth-order valence-electron chi connectivity index (χ4n) is 3.53. The van der Waals surface area contributed by atoms with Gasteiger partial charge in [0.25, 0.3) is 0 Å². The highest BCUT2D eigenvalue weighted by atomic mass is 35.5. The summed E-state index contributed by atoms with van der Waals surface area (Å²) in [5, 5.41) is 5.40.